The number of hydrogen-bond donors (Lipinski definition) is 0. The van der Waals surface area contributed by atoms with Crippen LogP contribution < -0.4 is 9.64 Å². The van der Waals surface area contributed by atoms with E-state index in [2.05, 4.69) is 18.8 Å². The van der Waals surface area contributed by atoms with Crippen LogP contribution in [0.25, 0.3) is 11.3 Å². The summed E-state index contributed by atoms with van der Waals surface area (Å²) in [6, 6.07) is 8.83. The number of aromatic nitrogens is 2. The van der Waals surface area contributed by atoms with Crippen molar-refractivity contribution < 1.29 is 23.0 Å². The summed E-state index contributed by atoms with van der Waals surface area (Å²) >= 11 is 1.47. The fraction of sp³-hybridized carbons (Fsp3) is 0.375. The van der Waals surface area contributed by atoms with E-state index in [9.17, 15) is 13.6 Å². The smallest absolute Gasteiger partial charge is 0.341 e. The minimum Gasteiger partial charge on any atom is -0.494 e. The molecule has 0 aliphatic rings. The molecule has 0 aliphatic heterocycles. The van der Waals surface area contributed by atoms with Crippen molar-refractivity contribution in [3.8, 4) is 17.0 Å². The van der Waals surface area contributed by atoms with Crippen molar-refractivity contribution in [2.75, 3.05) is 25.7 Å². The van der Waals surface area contributed by atoms with Gasteiger partial charge < -0.3 is 14.4 Å². The molecule has 1 unspecified atom stereocenters. The monoisotopic (exact) mass is 507 g/mol. The predicted octanol–water partition coefficient (Wildman–Crippen LogP) is 6.28. The Hall–Kier alpha value is -2.64. The Morgan fingerprint density at radius 3 is 2.65 bits per heavy atom. The molecule has 0 aliphatic carbocycles. The van der Waals surface area contributed by atoms with Crippen molar-refractivity contribution in [3.63, 3.8) is 0 Å². The minimum atomic E-state index is -3.22. The highest BCUT2D eigenvalue weighted by Gasteiger charge is 2.29. The molecule has 2 aromatic heterocycles. The number of pyridine rings is 1. The Bertz CT molecular complexity index is 1160. The molecule has 0 fully saturated rings. The first-order valence-electron chi connectivity index (χ1n) is 10.8. The number of hydrogen-bond acceptors (Lipinski definition) is 7. The quantitative estimate of drug-likeness (QED) is 0.251. The maximum Gasteiger partial charge on any atom is 0.341 e. The Morgan fingerprint density at radius 1 is 1.29 bits per heavy atom. The van der Waals surface area contributed by atoms with Gasteiger partial charge in [0.1, 0.15) is 17.1 Å². The molecule has 1 atom stereocenters. The van der Waals surface area contributed by atoms with Crippen LogP contribution in [-0.2, 0) is 16.8 Å². The molecule has 0 saturated heterocycles. The molecular formula is C24H28F2N3O3PS. The molecule has 6 nitrogen and oxygen atoms in total. The van der Waals surface area contributed by atoms with Crippen molar-refractivity contribution in [3.05, 3.63) is 52.5 Å². The molecule has 3 rings (SSSR count). The van der Waals surface area contributed by atoms with E-state index in [1.54, 1.807) is 11.9 Å². The second-order valence-corrected chi connectivity index (χ2v) is 9.88. The standard InChI is InChI=1S/C24H28F2N3O3PS/c1-6-32-17-9-7-8-15(11-17)20-19(10-14(2)3)34-23(28-20)29(4)21-18(22(30)31-5)12-16(13-27-21)24(25,26)33/h7-9,11-14H,6,10,33H2,1-5H3. The van der Waals surface area contributed by atoms with Crippen molar-refractivity contribution in [2.45, 2.75) is 32.9 Å². The van der Waals surface area contributed by atoms with E-state index in [4.69, 9.17) is 14.5 Å². The Balaban J connectivity index is 2.10. The number of nitrogens with zero attached hydrogens (tertiary/aromatic N) is 3. The molecule has 0 bridgehead atoms. The first-order chi connectivity index (χ1) is 16.0. The maximum atomic E-state index is 13.8. The molecule has 10 heteroatoms. The molecule has 34 heavy (non-hydrogen) atoms. The highest BCUT2D eigenvalue weighted by molar-refractivity contribution is 7.17. The first kappa shape index (κ1) is 26.0. The van der Waals surface area contributed by atoms with Gasteiger partial charge in [0.25, 0.3) is 5.66 Å². The zero-order valence-corrected chi connectivity index (χ0v) is 21.7. The third-order valence-electron chi connectivity index (χ3n) is 4.96. The number of ether oxygens (including phenoxy) is 2. The minimum absolute atomic E-state index is 0.0647. The summed E-state index contributed by atoms with van der Waals surface area (Å²) in [4.78, 5) is 24.1. The number of esters is 1. The zero-order chi connectivity index (χ0) is 25.0. The van der Waals surface area contributed by atoms with Gasteiger partial charge in [0.15, 0.2) is 5.13 Å². The molecule has 0 saturated carbocycles. The summed E-state index contributed by atoms with van der Waals surface area (Å²) in [7, 11) is 4.35. The van der Waals surface area contributed by atoms with Crippen LogP contribution in [0.5, 0.6) is 5.75 Å². The van der Waals surface area contributed by atoms with Crippen molar-refractivity contribution in [1.29, 1.82) is 0 Å². The number of methoxy groups -OCH3 is 1. The maximum absolute atomic E-state index is 13.8. The molecule has 3 aromatic rings. The molecular weight excluding hydrogens is 479 g/mol. The van der Waals surface area contributed by atoms with Crippen molar-refractivity contribution in [1.82, 2.24) is 9.97 Å². The van der Waals surface area contributed by atoms with E-state index in [0.29, 0.717) is 17.7 Å². The van der Waals surface area contributed by atoms with Gasteiger partial charge in [0.05, 0.1) is 19.4 Å². The van der Waals surface area contributed by atoms with E-state index in [0.717, 1.165) is 40.6 Å². The lowest BCUT2D eigenvalue weighted by molar-refractivity contribution is 0.0600. The van der Waals surface area contributed by atoms with E-state index >= 15 is 0 Å². The predicted molar refractivity (Wildman–Crippen MR) is 135 cm³/mol. The summed E-state index contributed by atoms with van der Waals surface area (Å²) < 4.78 is 38.2. The Kier molecular flexibility index (Phi) is 8.21. The zero-order valence-electron chi connectivity index (χ0n) is 19.8. The molecule has 0 amide bonds. The van der Waals surface area contributed by atoms with Crippen LogP contribution in [0.3, 0.4) is 0 Å². The lowest BCUT2D eigenvalue weighted by Gasteiger charge is -2.19. The Morgan fingerprint density at radius 2 is 2.03 bits per heavy atom. The van der Waals surface area contributed by atoms with Gasteiger partial charge in [-0.05, 0) is 37.5 Å². The van der Waals surface area contributed by atoms with Crippen LogP contribution in [-0.4, -0.2) is 36.7 Å². The van der Waals surface area contributed by atoms with Gasteiger partial charge in [0.2, 0.25) is 0 Å². The summed E-state index contributed by atoms with van der Waals surface area (Å²) in [5, 5.41) is 0.579. The summed E-state index contributed by atoms with van der Waals surface area (Å²) in [6.45, 7) is 6.74. The number of anilines is 2. The second-order valence-electron chi connectivity index (χ2n) is 8.10. The molecule has 0 N–H and O–H groups in total. The van der Waals surface area contributed by atoms with Gasteiger partial charge in [-0.3, -0.25) is 0 Å². The third-order valence-corrected chi connectivity index (χ3v) is 6.45. The number of carbonyl (C=O) groups excluding carboxylic acids is 1. The normalized spacial score (nSPS) is 11.6. The molecule has 0 radical (unpaired) electrons. The van der Waals surface area contributed by atoms with Crippen LogP contribution in [0.4, 0.5) is 19.7 Å². The molecule has 0 spiro atoms. The topological polar surface area (TPSA) is 64.5 Å². The number of rotatable bonds is 9. The van der Waals surface area contributed by atoms with Gasteiger partial charge in [-0.15, -0.1) is 11.3 Å². The Labute approximate surface area is 204 Å². The van der Waals surface area contributed by atoms with Crippen LogP contribution in [0, 0.1) is 5.92 Å². The van der Waals surface area contributed by atoms with Gasteiger partial charge in [-0.1, -0.05) is 35.2 Å². The fourth-order valence-corrected chi connectivity index (χ4v) is 4.79. The molecule has 1 aromatic carbocycles. The number of thiazole rings is 1. The van der Waals surface area contributed by atoms with Gasteiger partial charge in [-0.25, -0.2) is 14.8 Å². The third kappa shape index (κ3) is 5.88. The summed E-state index contributed by atoms with van der Waals surface area (Å²) in [6.07, 6.45) is 1.86. The lowest BCUT2D eigenvalue weighted by atomic mass is 10.0. The highest BCUT2D eigenvalue weighted by atomic mass is 32.1. The van der Waals surface area contributed by atoms with Gasteiger partial charge in [-0.2, -0.15) is 8.78 Å². The average Bonchev–Trinajstić information content (AvgIpc) is 3.20. The van der Waals surface area contributed by atoms with Crippen LogP contribution in [0.1, 0.15) is 41.6 Å². The fourth-order valence-electron chi connectivity index (χ4n) is 3.38. The largest absolute Gasteiger partial charge is 0.494 e. The summed E-state index contributed by atoms with van der Waals surface area (Å²) in [5.41, 5.74) is -1.96. The number of benzene rings is 1. The molecule has 182 valence electrons. The van der Waals surface area contributed by atoms with Crippen molar-refractivity contribution >= 4 is 37.5 Å². The molecule has 2 heterocycles. The summed E-state index contributed by atoms with van der Waals surface area (Å²) in [5.74, 6) is 0.570. The van der Waals surface area contributed by atoms with Crippen LogP contribution in [0.15, 0.2) is 36.5 Å². The second kappa shape index (κ2) is 10.7. The van der Waals surface area contributed by atoms with Crippen LogP contribution >= 0.6 is 20.6 Å². The number of carbonyl (C=O) groups is 1. The number of alkyl halides is 2. The van der Waals surface area contributed by atoms with E-state index in [-0.39, 0.29) is 11.4 Å². The van der Waals surface area contributed by atoms with Gasteiger partial charge >= 0.3 is 5.97 Å². The highest BCUT2D eigenvalue weighted by Crippen LogP contribution is 2.40. The first-order valence-corrected chi connectivity index (χ1v) is 12.2. The SMILES string of the molecule is CCOc1cccc(-c2nc(N(C)c3ncc(C(F)(F)P)cc3C(=O)OC)sc2CC(C)C)c1. The average molecular weight is 508 g/mol. The van der Waals surface area contributed by atoms with Crippen molar-refractivity contribution in [2.24, 2.45) is 5.92 Å². The lowest BCUT2D eigenvalue weighted by Crippen LogP contribution is -2.18. The van der Waals surface area contributed by atoms with E-state index in [1.807, 2.05) is 31.2 Å². The van der Waals surface area contributed by atoms with E-state index in [1.165, 1.54) is 27.7 Å². The van der Waals surface area contributed by atoms with Gasteiger partial charge in [0, 0.05) is 29.2 Å². The van der Waals surface area contributed by atoms with Crippen LogP contribution in [0.2, 0.25) is 0 Å². The number of halogens is 2. The van der Waals surface area contributed by atoms with E-state index < -0.39 is 17.2 Å².